The molecule has 2 aromatic heterocycles. The van der Waals surface area contributed by atoms with Crippen LogP contribution in [0.2, 0.25) is 0 Å². The lowest BCUT2D eigenvalue weighted by atomic mass is 9.96. The zero-order valence-corrected chi connectivity index (χ0v) is 12.9. The number of hydrogen-bond acceptors (Lipinski definition) is 9. The van der Waals surface area contributed by atoms with Crippen molar-refractivity contribution in [2.75, 3.05) is 18.2 Å². The number of hydrogen-bond donors (Lipinski definition) is 4. The number of anilines is 1. The Hall–Kier alpha value is -1.85. The Labute approximate surface area is 132 Å². The zero-order chi connectivity index (χ0) is 16.8. The van der Waals surface area contributed by atoms with Crippen LogP contribution in [0.15, 0.2) is 12.7 Å². The van der Waals surface area contributed by atoms with E-state index in [0.29, 0.717) is 23.5 Å². The fourth-order valence-electron chi connectivity index (χ4n) is 2.76. The number of aliphatic hydroxyl groups excluding tert-OH is 2. The molecule has 10 nitrogen and oxygen atoms in total. The van der Waals surface area contributed by atoms with Gasteiger partial charge in [-0.05, 0) is 13.8 Å². The van der Waals surface area contributed by atoms with E-state index in [4.69, 9.17) is 10.6 Å². The molecule has 1 aliphatic heterocycles. The third-order valence-corrected chi connectivity index (χ3v) is 4.14. The first-order valence-electron chi connectivity index (χ1n) is 7.28. The van der Waals surface area contributed by atoms with Gasteiger partial charge in [0.15, 0.2) is 23.2 Å². The smallest absolute Gasteiger partial charge is 0.174 e. The van der Waals surface area contributed by atoms with Crippen LogP contribution in [0.1, 0.15) is 20.1 Å². The van der Waals surface area contributed by atoms with Gasteiger partial charge in [-0.25, -0.2) is 20.8 Å². The molecule has 4 atom stereocenters. The first-order valence-corrected chi connectivity index (χ1v) is 7.28. The quantitative estimate of drug-likeness (QED) is 0.391. The minimum absolute atomic E-state index is 0.410. The maximum atomic E-state index is 10.6. The molecule has 3 rings (SSSR count). The standard InChI is InChI=1S/C13H20N6O4/c1-3-19(14)11-8-10(15-5-16-11)18(6-17-8)12-13(2,22)9(21)7(4-20)23-12/h5-7,9,12,20-22H,3-4,14H2,1-2H3/t7-,9-,12-,13-/m1/s1. The number of aliphatic hydroxyl groups is 3. The summed E-state index contributed by atoms with van der Waals surface area (Å²) in [5.41, 5.74) is -0.743. The van der Waals surface area contributed by atoms with E-state index < -0.39 is 30.6 Å². The number of rotatable bonds is 4. The minimum atomic E-state index is -1.61. The van der Waals surface area contributed by atoms with E-state index >= 15 is 0 Å². The van der Waals surface area contributed by atoms with Gasteiger partial charge in [-0.2, -0.15) is 0 Å². The molecule has 0 amide bonds. The molecule has 0 aliphatic carbocycles. The summed E-state index contributed by atoms with van der Waals surface area (Å²) >= 11 is 0. The topological polar surface area (TPSA) is 143 Å². The molecule has 1 aliphatic rings. The van der Waals surface area contributed by atoms with Gasteiger partial charge in [0, 0.05) is 6.54 Å². The monoisotopic (exact) mass is 324 g/mol. The number of aromatic nitrogens is 4. The van der Waals surface area contributed by atoms with Crippen LogP contribution in [-0.2, 0) is 4.74 Å². The van der Waals surface area contributed by atoms with E-state index in [9.17, 15) is 15.3 Å². The molecular weight excluding hydrogens is 304 g/mol. The van der Waals surface area contributed by atoms with E-state index in [1.165, 1.54) is 29.2 Å². The van der Waals surface area contributed by atoms with Crippen LogP contribution in [0.5, 0.6) is 0 Å². The lowest BCUT2D eigenvalue weighted by molar-refractivity contribution is -0.0950. The van der Waals surface area contributed by atoms with E-state index in [1.54, 1.807) is 0 Å². The summed E-state index contributed by atoms with van der Waals surface area (Å²) in [5, 5.41) is 31.4. The third kappa shape index (κ3) is 2.35. The molecule has 1 fully saturated rings. The summed E-state index contributed by atoms with van der Waals surface area (Å²) in [6.07, 6.45) is -0.295. The van der Waals surface area contributed by atoms with Gasteiger partial charge in [0.1, 0.15) is 24.1 Å². The van der Waals surface area contributed by atoms with Crippen LogP contribution in [0.25, 0.3) is 11.2 Å². The highest BCUT2D eigenvalue weighted by atomic mass is 16.6. The van der Waals surface area contributed by atoms with Crippen molar-refractivity contribution in [2.24, 2.45) is 5.84 Å². The van der Waals surface area contributed by atoms with Gasteiger partial charge in [0.25, 0.3) is 0 Å². The van der Waals surface area contributed by atoms with Gasteiger partial charge in [0.2, 0.25) is 0 Å². The van der Waals surface area contributed by atoms with Crippen LogP contribution in [0, 0.1) is 0 Å². The number of hydrazine groups is 1. The normalized spacial score (nSPS) is 31.0. The molecule has 23 heavy (non-hydrogen) atoms. The largest absolute Gasteiger partial charge is 0.394 e. The Kier molecular flexibility index (Phi) is 3.94. The number of imidazole rings is 1. The fraction of sp³-hybridized carbons (Fsp3) is 0.615. The fourth-order valence-corrected chi connectivity index (χ4v) is 2.76. The van der Waals surface area contributed by atoms with Crippen LogP contribution >= 0.6 is 0 Å². The van der Waals surface area contributed by atoms with E-state index in [0.717, 1.165) is 0 Å². The summed E-state index contributed by atoms with van der Waals surface area (Å²) in [7, 11) is 0. The van der Waals surface area contributed by atoms with Crippen molar-refractivity contribution in [3.63, 3.8) is 0 Å². The van der Waals surface area contributed by atoms with Crippen LogP contribution in [0.3, 0.4) is 0 Å². The van der Waals surface area contributed by atoms with Gasteiger partial charge in [-0.15, -0.1) is 0 Å². The van der Waals surface area contributed by atoms with Crippen molar-refractivity contribution in [3.05, 3.63) is 12.7 Å². The van der Waals surface area contributed by atoms with Gasteiger partial charge in [-0.3, -0.25) is 9.58 Å². The third-order valence-electron chi connectivity index (χ3n) is 4.14. The van der Waals surface area contributed by atoms with Gasteiger partial charge < -0.3 is 20.1 Å². The SMILES string of the molecule is CCN(N)c1ncnc2c1ncn2[C@@H]1O[C@H](CO)[C@@H](O)[C@@]1(C)O. The second kappa shape index (κ2) is 5.65. The van der Waals surface area contributed by atoms with Crippen LogP contribution < -0.4 is 10.9 Å². The summed E-state index contributed by atoms with van der Waals surface area (Å²) in [6.45, 7) is 3.43. The summed E-state index contributed by atoms with van der Waals surface area (Å²) < 4.78 is 7.09. The predicted molar refractivity (Wildman–Crippen MR) is 80.2 cm³/mol. The van der Waals surface area contributed by atoms with Gasteiger partial charge >= 0.3 is 0 Å². The Morgan fingerprint density at radius 2 is 2.17 bits per heavy atom. The van der Waals surface area contributed by atoms with Gasteiger partial charge in [-0.1, -0.05) is 0 Å². The molecule has 10 heteroatoms. The minimum Gasteiger partial charge on any atom is -0.394 e. The molecular formula is C13H20N6O4. The lowest BCUT2D eigenvalue weighted by Crippen LogP contribution is -2.44. The second-order valence-electron chi connectivity index (χ2n) is 5.69. The maximum Gasteiger partial charge on any atom is 0.174 e. The maximum absolute atomic E-state index is 10.6. The molecule has 2 aromatic rings. The highest BCUT2D eigenvalue weighted by Gasteiger charge is 2.53. The van der Waals surface area contributed by atoms with Crippen molar-refractivity contribution >= 4 is 17.0 Å². The summed E-state index contributed by atoms with van der Waals surface area (Å²) in [4.78, 5) is 12.6. The van der Waals surface area contributed by atoms with Crippen molar-refractivity contribution in [1.29, 1.82) is 0 Å². The van der Waals surface area contributed by atoms with Crippen LogP contribution in [0.4, 0.5) is 5.82 Å². The first-order chi connectivity index (χ1) is 10.9. The van der Waals surface area contributed by atoms with Crippen molar-refractivity contribution in [3.8, 4) is 0 Å². The Balaban J connectivity index is 2.08. The Morgan fingerprint density at radius 1 is 1.43 bits per heavy atom. The van der Waals surface area contributed by atoms with E-state index in [1.807, 2.05) is 6.92 Å². The molecule has 3 heterocycles. The predicted octanol–water partition coefficient (Wildman–Crippen LogP) is -1.47. The summed E-state index contributed by atoms with van der Waals surface area (Å²) in [5.74, 6) is 6.33. The molecule has 126 valence electrons. The van der Waals surface area contributed by atoms with Gasteiger partial charge in [0.05, 0.1) is 12.9 Å². The number of nitrogens with zero attached hydrogens (tertiary/aromatic N) is 5. The van der Waals surface area contributed by atoms with Crippen molar-refractivity contribution < 1.29 is 20.1 Å². The average molecular weight is 324 g/mol. The first kappa shape index (κ1) is 16.0. The number of nitrogens with two attached hydrogens (primary N) is 1. The molecule has 0 saturated carbocycles. The lowest BCUT2D eigenvalue weighted by Gasteiger charge is -2.27. The van der Waals surface area contributed by atoms with Crippen molar-refractivity contribution in [1.82, 2.24) is 19.5 Å². The Bertz CT molecular complexity index is 705. The highest BCUT2D eigenvalue weighted by Crippen LogP contribution is 2.39. The molecule has 0 radical (unpaired) electrons. The molecule has 0 aromatic carbocycles. The van der Waals surface area contributed by atoms with Crippen LogP contribution in [-0.4, -0.2) is 65.8 Å². The highest BCUT2D eigenvalue weighted by molar-refractivity contribution is 5.83. The van der Waals surface area contributed by atoms with E-state index in [2.05, 4.69) is 15.0 Å². The molecule has 0 bridgehead atoms. The van der Waals surface area contributed by atoms with E-state index in [-0.39, 0.29) is 0 Å². The average Bonchev–Trinajstić information content (AvgIpc) is 3.06. The molecule has 5 N–H and O–H groups in total. The molecule has 0 spiro atoms. The molecule has 1 saturated heterocycles. The Morgan fingerprint density at radius 3 is 2.78 bits per heavy atom. The van der Waals surface area contributed by atoms with Crippen molar-refractivity contribution in [2.45, 2.75) is 37.9 Å². The number of fused-ring (bicyclic) bond motifs is 1. The zero-order valence-electron chi connectivity index (χ0n) is 12.9. The second-order valence-corrected chi connectivity index (χ2v) is 5.69. The molecule has 0 unspecified atom stereocenters. The number of ether oxygens (including phenoxy) is 1. The summed E-state index contributed by atoms with van der Waals surface area (Å²) in [6, 6.07) is 0.